The predicted molar refractivity (Wildman–Crippen MR) is 67.6 cm³/mol. The highest BCUT2D eigenvalue weighted by molar-refractivity contribution is 7.53. The molecule has 5 heteroatoms. The van der Waals surface area contributed by atoms with Gasteiger partial charge in [0.25, 0.3) is 0 Å². The van der Waals surface area contributed by atoms with Gasteiger partial charge in [-0.3, -0.25) is 4.57 Å². The van der Waals surface area contributed by atoms with E-state index < -0.39 is 7.60 Å². The van der Waals surface area contributed by atoms with Crippen molar-refractivity contribution in [1.29, 1.82) is 0 Å². The van der Waals surface area contributed by atoms with Crippen molar-refractivity contribution in [3.63, 3.8) is 0 Å². The molecule has 96 valence electrons. The van der Waals surface area contributed by atoms with Crippen LogP contribution in [0.5, 0.6) is 5.75 Å². The number of rotatable bonds is 7. The molecular formula is C12H19O4P. The fourth-order valence-electron chi connectivity index (χ4n) is 1.56. The molecule has 1 aromatic carbocycles. The topological polar surface area (TPSA) is 44.8 Å². The summed E-state index contributed by atoms with van der Waals surface area (Å²) in [5, 5.41) is 0. The molecule has 0 atom stereocenters. The predicted octanol–water partition coefficient (Wildman–Crippen LogP) is 3.46. The summed E-state index contributed by atoms with van der Waals surface area (Å²) in [5.41, 5.74) is 0.834. The van der Waals surface area contributed by atoms with Crippen LogP contribution in [0.3, 0.4) is 0 Å². The third kappa shape index (κ3) is 4.15. The van der Waals surface area contributed by atoms with E-state index in [2.05, 4.69) is 0 Å². The maximum absolute atomic E-state index is 12.4. The molecule has 0 fully saturated rings. The van der Waals surface area contributed by atoms with Crippen molar-refractivity contribution in [2.24, 2.45) is 0 Å². The Hall–Kier alpha value is -0.830. The van der Waals surface area contributed by atoms with Crippen LogP contribution in [0.4, 0.5) is 0 Å². The van der Waals surface area contributed by atoms with Gasteiger partial charge in [-0.15, -0.1) is 0 Å². The Bertz CT molecular complexity index is 382. The lowest BCUT2D eigenvalue weighted by molar-refractivity contribution is 0.219. The van der Waals surface area contributed by atoms with Crippen LogP contribution in [0.25, 0.3) is 0 Å². The van der Waals surface area contributed by atoms with Crippen LogP contribution in [0.15, 0.2) is 24.3 Å². The summed E-state index contributed by atoms with van der Waals surface area (Å²) in [6, 6.07) is 7.44. The highest BCUT2D eigenvalue weighted by atomic mass is 31.2. The molecule has 0 N–H and O–H groups in total. The molecule has 0 aromatic heterocycles. The number of hydrogen-bond acceptors (Lipinski definition) is 4. The fraction of sp³-hybridized carbons (Fsp3) is 0.500. The van der Waals surface area contributed by atoms with E-state index in [9.17, 15) is 4.57 Å². The molecule has 0 bridgehead atoms. The first-order valence-electron chi connectivity index (χ1n) is 5.65. The van der Waals surface area contributed by atoms with Crippen LogP contribution in [-0.2, 0) is 19.8 Å². The van der Waals surface area contributed by atoms with Gasteiger partial charge in [0.15, 0.2) is 0 Å². The standard InChI is InChI=1S/C12H19O4P/c1-4-15-17(13,16-5-2)10-11-8-6-7-9-12(11)14-3/h6-9H,4-5,10H2,1-3H3. The van der Waals surface area contributed by atoms with E-state index in [1.54, 1.807) is 21.0 Å². The Morgan fingerprint density at radius 2 is 1.71 bits per heavy atom. The second-order valence-corrected chi connectivity index (χ2v) is 5.47. The molecule has 1 aromatic rings. The molecule has 0 heterocycles. The lowest BCUT2D eigenvalue weighted by atomic mass is 10.2. The molecule has 4 nitrogen and oxygen atoms in total. The molecule has 0 amide bonds. The molecular weight excluding hydrogens is 239 g/mol. The van der Waals surface area contributed by atoms with Crippen molar-refractivity contribution in [2.45, 2.75) is 20.0 Å². The Morgan fingerprint density at radius 3 is 2.24 bits per heavy atom. The number of ether oxygens (including phenoxy) is 1. The van der Waals surface area contributed by atoms with Crippen molar-refractivity contribution in [1.82, 2.24) is 0 Å². The Balaban J connectivity index is 2.89. The summed E-state index contributed by atoms with van der Waals surface area (Å²) in [7, 11) is -1.47. The van der Waals surface area contributed by atoms with Gasteiger partial charge in [0.2, 0.25) is 0 Å². The van der Waals surface area contributed by atoms with Crippen LogP contribution in [0, 0.1) is 0 Å². The maximum Gasteiger partial charge on any atom is 0.335 e. The van der Waals surface area contributed by atoms with Crippen LogP contribution < -0.4 is 4.74 Å². The van der Waals surface area contributed by atoms with Crippen molar-refractivity contribution in [3.8, 4) is 5.75 Å². The Labute approximate surface area is 102 Å². The van der Waals surface area contributed by atoms with E-state index in [4.69, 9.17) is 13.8 Å². The summed E-state index contributed by atoms with van der Waals surface area (Å²) < 4.78 is 28.1. The molecule has 17 heavy (non-hydrogen) atoms. The fourth-order valence-corrected chi connectivity index (χ4v) is 3.29. The molecule has 0 unspecified atom stereocenters. The number of methoxy groups -OCH3 is 1. The summed E-state index contributed by atoms with van der Waals surface area (Å²) in [4.78, 5) is 0. The third-order valence-electron chi connectivity index (χ3n) is 2.21. The van der Waals surface area contributed by atoms with Gasteiger partial charge in [-0.05, 0) is 19.9 Å². The van der Waals surface area contributed by atoms with Gasteiger partial charge in [-0.2, -0.15) is 0 Å². The molecule has 0 saturated carbocycles. The molecule has 0 aliphatic carbocycles. The monoisotopic (exact) mass is 258 g/mol. The lowest BCUT2D eigenvalue weighted by Gasteiger charge is -2.18. The molecule has 0 aliphatic heterocycles. The van der Waals surface area contributed by atoms with Crippen LogP contribution in [0.2, 0.25) is 0 Å². The quantitative estimate of drug-likeness (QED) is 0.702. The first-order chi connectivity index (χ1) is 8.15. The van der Waals surface area contributed by atoms with Gasteiger partial charge in [-0.1, -0.05) is 18.2 Å². The molecule has 0 aliphatic rings. The van der Waals surface area contributed by atoms with Crippen LogP contribution in [-0.4, -0.2) is 20.3 Å². The summed E-state index contributed by atoms with van der Waals surface area (Å²) in [6.07, 6.45) is 0.235. The highest BCUT2D eigenvalue weighted by Crippen LogP contribution is 2.52. The second-order valence-electron chi connectivity index (χ2n) is 3.42. The summed E-state index contributed by atoms with van der Waals surface area (Å²) >= 11 is 0. The van der Waals surface area contributed by atoms with Crippen LogP contribution >= 0.6 is 7.60 Å². The van der Waals surface area contributed by atoms with Gasteiger partial charge in [0.05, 0.1) is 26.5 Å². The zero-order valence-corrected chi connectivity index (χ0v) is 11.4. The normalized spacial score (nSPS) is 11.5. The van der Waals surface area contributed by atoms with E-state index in [1.807, 2.05) is 24.3 Å². The number of hydrogen-bond donors (Lipinski definition) is 0. The first-order valence-corrected chi connectivity index (χ1v) is 7.38. The minimum atomic E-state index is -3.06. The van der Waals surface area contributed by atoms with E-state index in [1.165, 1.54) is 0 Å². The van der Waals surface area contributed by atoms with E-state index in [0.717, 1.165) is 5.56 Å². The van der Waals surface area contributed by atoms with Crippen molar-refractivity contribution >= 4 is 7.60 Å². The number of benzene rings is 1. The van der Waals surface area contributed by atoms with Crippen molar-refractivity contribution in [3.05, 3.63) is 29.8 Å². The van der Waals surface area contributed by atoms with E-state index in [-0.39, 0.29) is 6.16 Å². The minimum absolute atomic E-state index is 0.235. The van der Waals surface area contributed by atoms with Gasteiger partial charge >= 0.3 is 7.60 Å². The number of para-hydroxylation sites is 1. The van der Waals surface area contributed by atoms with Gasteiger partial charge in [0.1, 0.15) is 5.75 Å². The molecule has 0 spiro atoms. The largest absolute Gasteiger partial charge is 0.496 e. The molecule has 1 rings (SSSR count). The van der Waals surface area contributed by atoms with E-state index in [0.29, 0.717) is 19.0 Å². The third-order valence-corrected chi connectivity index (χ3v) is 4.24. The Morgan fingerprint density at radius 1 is 1.12 bits per heavy atom. The van der Waals surface area contributed by atoms with Gasteiger partial charge < -0.3 is 13.8 Å². The second kappa shape index (κ2) is 6.80. The smallest absolute Gasteiger partial charge is 0.335 e. The average molecular weight is 258 g/mol. The molecule has 0 saturated heterocycles. The van der Waals surface area contributed by atoms with Gasteiger partial charge in [0, 0.05) is 5.56 Å². The van der Waals surface area contributed by atoms with Crippen LogP contribution in [0.1, 0.15) is 19.4 Å². The average Bonchev–Trinajstić information content (AvgIpc) is 2.30. The summed E-state index contributed by atoms with van der Waals surface area (Å²) in [5.74, 6) is 0.701. The summed E-state index contributed by atoms with van der Waals surface area (Å²) in [6.45, 7) is 4.33. The van der Waals surface area contributed by atoms with E-state index >= 15 is 0 Å². The zero-order valence-electron chi connectivity index (χ0n) is 10.5. The zero-order chi connectivity index (χ0) is 12.7. The minimum Gasteiger partial charge on any atom is -0.496 e. The van der Waals surface area contributed by atoms with Crippen molar-refractivity contribution in [2.75, 3.05) is 20.3 Å². The van der Waals surface area contributed by atoms with Gasteiger partial charge in [-0.25, -0.2) is 0 Å². The Kier molecular flexibility index (Phi) is 5.69. The lowest BCUT2D eigenvalue weighted by Crippen LogP contribution is -2.00. The SMILES string of the molecule is CCOP(=O)(Cc1ccccc1OC)OCC. The first kappa shape index (κ1) is 14.2. The van der Waals surface area contributed by atoms with Crippen molar-refractivity contribution < 1.29 is 18.3 Å². The maximum atomic E-state index is 12.4. The highest BCUT2D eigenvalue weighted by Gasteiger charge is 2.25. The molecule has 0 radical (unpaired) electrons.